The Morgan fingerprint density at radius 1 is 1.20 bits per heavy atom. The third-order valence-electron chi connectivity index (χ3n) is 4.58. The van der Waals surface area contributed by atoms with E-state index in [9.17, 15) is 22.9 Å². The molecule has 0 heterocycles. The maximum Gasteiger partial charge on any atom is 0.270 e. The van der Waals surface area contributed by atoms with E-state index in [4.69, 9.17) is 0 Å². The lowest BCUT2D eigenvalue weighted by atomic mass is 9.96. The number of aryl methyl sites for hydroxylation is 1. The summed E-state index contributed by atoms with van der Waals surface area (Å²) in [7, 11) is -3.88. The van der Waals surface area contributed by atoms with Gasteiger partial charge in [-0.15, -0.1) is 0 Å². The molecule has 0 unspecified atom stereocenters. The third-order valence-corrected chi connectivity index (χ3v) is 6.13. The Morgan fingerprint density at radius 2 is 1.84 bits per heavy atom. The summed E-state index contributed by atoms with van der Waals surface area (Å²) in [6.45, 7) is 1.76. The number of hydrogen-bond acceptors (Lipinski definition) is 4. The number of benzene rings is 2. The van der Waals surface area contributed by atoms with Crippen molar-refractivity contribution in [1.82, 2.24) is 4.72 Å². The van der Waals surface area contributed by atoms with Crippen LogP contribution in [0.2, 0.25) is 0 Å². The molecule has 0 amide bonds. The van der Waals surface area contributed by atoms with Crippen molar-refractivity contribution in [2.24, 2.45) is 0 Å². The minimum absolute atomic E-state index is 0.100. The van der Waals surface area contributed by atoms with Crippen molar-refractivity contribution in [1.29, 1.82) is 0 Å². The molecule has 132 valence electrons. The predicted octanol–water partition coefficient (Wildman–Crippen LogP) is 3.05. The Bertz CT molecular complexity index is 922. The first kappa shape index (κ1) is 17.5. The quantitative estimate of drug-likeness (QED) is 0.630. The highest BCUT2D eigenvalue weighted by atomic mass is 32.2. The summed E-state index contributed by atoms with van der Waals surface area (Å²) in [5.41, 5.74) is 0.706. The van der Waals surface area contributed by atoms with Crippen molar-refractivity contribution < 1.29 is 17.7 Å². The van der Waals surface area contributed by atoms with Crippen molar-refractivity contribution >= 4 is 15.7 Å². The lowest BCUT2D eigenvalue weighted by Crippen LogP contribution is -2.32. The highest BCUT2D eigenvalue weighted by Gasteiger charge is 2.44. The molecular weight excluding hydrogens is 347 g/mol. The van der Waals surface area contributed by atoms with Crippen molar-refractivity contribution in [3.8, 4) is 0 Å². The highest BCUT2D eigenvalue weighted by Crippen LogP contribution is 2.47. The number of nitro groups is 1. The molecule has 0 saturated heterocycles. The molecule has 2 aromatic rings. The Hall–Kier alpha value is -2.32. The molecule has 0 aromatic heterocycles. The van der Waals surface area contributed by atoms with Gasteiger partial charge < -0.3 is 0 Å². The summed E-state index contributed by atoms with van der Waals surface area (Å²) < 4.78 is 40.8. The van der Waals surface area contributed by atoms with Crippen molar-refractivity contribution in [3.63, 3.8) is 0 Å². The first-order valence-corrected chi connectivity index (χ1v) is 9.23. The van der Waals surface area contributed by atoms with Crippen LogP contribution >= 0.6 is 0 Å². The molecule has 1 fully saturated rings. The predicted molar refractivity (Wildman–Crippen MR) is 90.3 cm³/mol. The number of nitro benzene ring substituents is 1. The summed E-state index contributed by atoms with van der Waals surface area (Å²) in [5.74, 6) is -0.340. The summed E-state index contributed by atoms with van der Waals surface area (Å²) in [4.78, 5) is 10.2. The number of hydrogen-bond donors (Lipinski definition) is 1. The molecule has 8 heteroatoms. The highest BCUT2D eigenvalue weighted by molar-refractivity contribution is 7.89. The van der Waals surface area contributed by atoms with Gasteiger partial charge in [-0.1, -0.05) is 18.2 Å². The van der Waals surface area contributed by atoms with Gasteiger partial charge in [0.25, 0.3) is 5.69 Å². The zero-order valence-corrected chi connectivity index (χ0v) is 14.3. The molecule has 1 saturated carbocycles. The number of rotatable bonds is 6. The molecule has 1 aliphatic carbocycles. The van der Waals surface area contributed by atoms with E-state index in [0.717, 1.165) is 24.5 Å². The maximum absolute atomic E-state index is 13.1. The maximum atomic E-state index is 13.1. The van der Waals surface area contributed by atoms with Crippen LogP contribution in [0, 0.1) is 22.9 Å². The standard InChI is InChI=1S/C17H17FN2O4S/c1-12-2-7-15(20(21)22)10-16(12)25(23,24)19-11-17(8-9-17)13-3-5-14(18)6-4-13/h2-7,10,19H,8-9,11H2,1H3. The second-order valence-electron chi connectivity index (χ2n) is 6.32. The topological polar surface area (TPSA) is 89.3 Å². The second-order valence-corrected chi connectivity index (χ2v) is 8.05. The Kier molecular flexibility index (Phi) is 4.34. The monoisotopic (exact) mass is 364 g/mol. The lowest BCUT2D eigenvalue weighted by Gasteiger charge is -2.17. The van der Waals surface area contributed by atoms with Crippen LogP contribution in [0.4, 0.5) is 10.1 Å². The summed E-state index contributed by atoms with van der Waals surface area (Å²) in [5, 5.41) is 10.9. The number of halogens is 1. The van der Waals surface area contributed by atoms with E-state index in [1.165, 1.54) is 24.3 Å². The molecule has 0 spiro atoms. The molecule has 0 bridgehead atoms. The van der Waals surface area contributed by atoms with Crippen LogP contribution in [0.3, 0.4) is 0 Å². The number of sulfonamides is 1. The normalized spacial score (nSPS) is 15.8. The van der Waals surface area contributed by atoms with E-state index in [0.29, 0.717) is 5.56 Å². The smallest absolute Gasteiger partial charge is 0.258 e. The number of nitrogens with zero attached hydrogens (tertiary/aromatic N) is 1. The van der Waals surface area contributed by atoms with Crippen molar-refractivity contribution in [2.45, 2.75) is 30.1 Å². The molecular formula is C17H17FN2O4S. The Morgan fingerprint density at radius 3 is 2.40 bits per heavy atom. The fourth-order valence-electron chi connectivity index (χ4n) is 2.82. The molecule has 0 atom stereocenters. The van der Waals surface area contributed by atoms with Gasteiger partial charge in [0.15, 0.2) is 0 Å². The van der Waals surface area contributed by atoms with Crippen LogP contribution < -0.4 is 4.72 Å². The van der Waals surface area contributed by atoms with Crippen molar-refractivity contribution in [2.75, 3.05) is 6.54 Å². The third kappa shape index (κ3) is 3.54. The fraction of sp³-hybridized carbons (Fsp3) is 0.294. The van der Waals surface area contributed by atoms with Crippen LogP contribution in [0.25, 0.3) is 0 Å². The van der Waals surface area contributed by atoms with Gasteiger partial charge in [0.1, 0.15) is 5.82 Å². The second kappa shape index (κ2) is 6.20. The van der Waals surface area contributed by atoms with Gasteiger partial charge in [-0.2, -0.15) is 0 Å². The van der Waals surface area contributed by atoms with E-state index < -0.39 is 14.9 Å². The molecule has 2 aromatic carbocycles. The summed E-state index contributed by atoms with van der Waals surface area (Å²) in [6, 6.07) is 9.79. The van der Waals surface area contributed by atoms with Crippen LogP contribution in [-0.2, 0) is 15.4 Å². The van der Waals surface area contributed by atoms with Crippen LogP contribution in [0.1, 0.15) is 24.0 Å². The molecule has 1 aliphatic rings. The van der Waals surface area contributed by atoms with Gasteiger partial charge in [0.05, 0.1) is 9.82 Å². The average Bonchev–Trinajstić information content (AvgIpc) is 3.35. The SMILES string of the molecule is Cc1ccc([N+](=O)[O-])cc1S(=O)(=O)NCC1(c2ccc(F)cc2)CC1. The molecule has 0 aliphatic heterocycles. The van der Waals surface area contributed by atoms with Crippen LogP contribution in [-0.4, -0.2) is 19.9 Å². The van der Waals surface area contributed by atoms with E-state index >= 15 is 0 Å². The first-order chi connectivity index (χ1) is 11.7. The number of nitrogens with one attached hydrogen (secondary N) is 1. The van der Waals surface area contributed by atoms with Gasteiger partial charge in [-0.05, 0) is 43.0 Å². The molecule has 6 nitrogen and oxygen atoms in total. The first-order valence-electron chi connectivity index (χ1n) is 7.74. The van der Waals surface area contributed by atoms with Crippen molar-refractivity contribution in [3.05, 3.63) is 69.5 Å². The van der Waals surface area contributed by atoms with Gasteiger partial charge in [-0.3, -0.25) is 10.1 Å². The zero-order valence-electron chi connectivity index (χ0n) is 13.5. The minimum Gasteiger partial charge on any atom is -0.258 e. The molecule has 3 rings (SSSR count). The van der Waals surface area contributed by atoms with Gasteiger partial charge >= 0.3 is 0 Å². The summed E-state index contributed by atoms with van der Waals surface area (Å²) in [6.07, 6.45) is 1.60. The zero-order chi connectivity index (χ0) is 18.2. The van der Waals surface area contributed by atoms with Crippen LogP contribution in [0.5, 0.6) is 0 Å². The largest absolute Gasteiger partial charge is 0.270 e. The Labute approximate surface area is 144 Å². The van der Waals surface area contributed by atoms with Gasteiger partial charge in [0, 0.05) is 24.1 Å². The van der Waals surface area contributed by atoms with E-state index in [2.05, 4.69) is 4.72 Å². The molecule has 0 radical (unpaired) electrons. The fourth-order valence-corrected chi connectivity index (χ4v) is 4.21. The average molecular weight is 364 g/mol. The van der Waals surface area contributed by atoms with Crippen LogP contribution in [0.15, 0.2) is 47.4 Å². The van der Waals surface area contributed by atoms with Gasteiger partial charge in [-0.25, -0.2) is 17.5 Å². The summed E-state index contributed by atoms with van der Waals surface area (Å²) >= 11 is 0. The number of non-ortho nitro benzene ring substituents is 1. The van der Waals surface area contributed by atoms with E-state index in [-0.39, 0.29) is 28.4 Å². The van der Waals surface area contributed by atoms with E-state index in [1.54, 1.807) is 19.1 Å². The van der Waals surface area contributed by atoms with E-state index in [1.807, 2.05) is 0 Å². The lowest BCUT2D eigenvalue weighted by molar-refractivity contribution is -0.385. The van der Waals surface area contributed by atoms with Gasteiger partial charge in [0.2, 0.25) is 10.0 Å². The molecule has 25 heavy (non-hydrogen) atoms. The minimum atomic E-state index is -3.88. The molecule has 1 N–H and O–H groups in total. The Balaban J connectivity index is 1.82.